The molecule has 204 valence electrons. The Morgan fingerprint density at radius 2 is 1.76 bits per heavy atom. The molecule has 0 aliphatic rings. The molecule has 4 N–H and O–H groups in total. The highest BCUT2D eigenvalue weighted by atomic mass is 16.5. The van der Waals surface area contributed by atoms with Crippen LogP contribution in [0.25, 0.3) is 0 Å². The maximum Gasteiger partial charge on any atom is 0.330 e. The molecule has 10 heteroatoms. The first-order chi connectivity index (χ1) is 17.9. The van der Waals surface area contributed by atoms with Gasteiger partial charge in [0.1, 0.15) is 11.7 Å². The molecule has 2 atom stereocenters. The lowest BCUT2D eigenvalue weighted by Crippen LogP contribution is -2.43. The third-order valence-corrected chi connectivity index (χ3v) is 5.59. The van der Waals surface area contributed by atoms with E-state index in [0.29, 0.717) is 0 Å². The highest BCUT2D eigenvalue weighted by Gasteiger charge is 2.27. The summed E-state index contributed by atoms with van der Waals surface area (Å²) in [7, 11) is 0. The van der Waals surface area contributed by atoms with E-state index in [9.17, 15) is 24.0 Å². The molecule has 0 unspecified atom stereocenters. The minimum absolute atomic E-state index is 0.0320. The molecule has 1 heterocycles. The molecule has 10 nitrogen and oxygen atoms in total. The second-order valence-electron chi connectivity index (χ2n) is 9.78. The minimum atomic E-state index is -0.997. The lowest BCUT2D eigenvalue weighted by atomic mass is 9.95. The number of amides is 3. The van der Waals surface area contributed by atoms with Crippen LogP contribution in [0.2, 0.25) is 0 Å². The first-order valence-electron chi connectivity index (χ1n) is 12.4. The number of ether oxygens (including phenoxy) is 1. The molecule has 0 fully saturated rings. The van der Waals surface area contributed by atoms with Gasteiger partial charge in [-0.15, -0.1) is 0 Å². The van der Waals surface area contributed by atoms with Crippen molar-refractivity contribution >= 4 is 29.4 Å². The van der Waals surface area contributed by atoms with E-state index in [4.69, 9.17) is 10.5 Å². The standard InChI is InChI=1S/C28H36N4O6/c1-5-38-24(34)16-14-20(13-15-23(29)33)30-25(35)22(18-19-10-7-6-8-11-19)32-17-9-12-21(26(32)36)31-27(37)28(2,3)4/h6-12,14,16-17,20,22H,5,13,15,18H2,1-4H3,(H2,29,33)(H,30,35)(H,31,37)/b16-14+/t20-,22-/m0/s1. The quantitative estimate of drug-likeness (QED) is 0.287. The zero-order chi connectivity index (χ0) is 28.3. The lowest BCUT2D eigenvalue weighted by molar-refractivity contribution is -0.137. The summed E-state index contributed by atoms with van der Waals surface area (Å²) < 4.78 is 6.16. The van der Waals surface area contributed by atoms with Gasteiger partial charge in [0, 0.05) is 36.6 Å². The van der Waals surface area contributed by atoms with E-state index >= 15 is 0 Å². The average molecular weight is 525 g/mol. The summed E-state index contributed by atoms with van der Waals surface area (Å²) in [5.74, 6) is -2.01. The number of nitrogens with one attached hydrogen (secondary N) is 2. The van der Waals surface area contributed by atoms with Crippen molar-refractivity contribution in [2.75, 3.05) is 11.9 Å². The molecule has 2 rings (SSSR count). The molecule has 3 amide bonds. The summed E-state index contributed by atoms with van der Waals surface area (Å²) in [5.41, 5.74) is 4.87. The van der Waals surface area contributed by atoms with Crippen LogP contribution in [0.15, 0.2) is 65.6 Å². The van der Waals surface area contributed by atoms with Crippen molar-refractivity contribution in [2.24, 2.45) is 11.1 Å². The van der Waals surface area contributed by atoms with E-state index in [0.717, 1.165) is 5.56 Å². The fourth-order valence-corrected chi connectivity index (χ4v) is 3.49. The molecular weight excluding hydrogens is 488 g/mol. The van der Waals surface area contributed by atoms with Gasteiger partial charge in [-0.2, -0.15) is 0 Å². The number of primary amides is 1. The highest BCUT2D eigenvalue weighted by Crippen LogP contribution is 2.18. The van der Waals surface area contributed by atoms with E-state index in [2.05, 4.69) is 10.6 Å². The normalized spacial score (nSPS) is 12.9. The fraction of sp³-hybridized carbons (Fsp3) is 0.393. The zero-order valence-corrected chi connectivity index (χ0v) is 22.2. The Morgan fingerprint density at radius 1 is 1.08 bits per heavy atom. The number of aromatic nitrogens is 1. The molecule has 0 radical (unpaired) electrons. The lowest BCUT2D eigenvalue weighted by Gasteiger charge is -2.24. The second kappa shape index (κ2) is 13.9. The Balaban J connectivity index is 2.43. The van der Waals surface area contributed by atoms with Gasteiger partial charge in [-0.05, 0) is 31.0 Å². The Hall–Kier alpha value is -4.21. The summed E-state index contributed by atoms with van der Waals surface area (Å²) in [6.45, 7) is 7.04. The maximum absolute atomic E-state index is 13.6. The largest absolute Gasteiger partial charge is 0.463 e. The molecule has 2 aromatic rings. The van der Waals surface area contributed by atoms with Crippen molar-refractivity contribution in [2.45, 2.75) is 59.0 Å². The number of hydrogen-bond acceptors (Lipinski definition) is 6. The summed E-state index contributed by atoms with van der Waals surface area (Å²) >= 11 is 0. The topological polar surface area (TPSA) is 150 Å². The summed E-state index contributed by atoms with van der Waals surface area (Å²) in [4.78, 5) is 62.7. The predicted octanol–water partition coefficient (Wildman–Crippen LogP) is 2.49. The van der Waals surface area contributed by atoms with Gasteiger partial charge in [-0.3, -0.25) is 19.2 Å². The first kappa shape index (κ1) is 30.0. The molecule has 1 aromatic heterocycles. The number of benzene rings is 1. The molecular formula is C28H36N4O6. The van der Waals surface area contributed by atoms with Gasteiger partial charge < -0.3 is 25.7 Å². The van der Waals surface area contributed by atoms with Crippen molar-refractivity contribution in [1.29, 1.82) is 0 Å². The summed E-state index contributed by atoms with van der Waals surface area (Å²) in [5, 5.41) is 5.46. The molecule has 0 aliphatic heterocycles. The Kier molecular flexibility index (Phi) is 11.0. The molecule has 0 saturated heterocycles. The number of anilines is 1. The number of hydrogen-bond donors (Lipinski definition) is 3. The van der Waals surface area contributed by atoms with Gasteiger partial charge in [-0.25, -0.2) is 4.79 Å². The number of nitrogens with two attached hydrogens (primary N) is 1. The van der Waals surface area contributed by atoms with Crippen LogP contribution in [-0.4, -0.2) is 40.9 Å². The van der Waals surface area contributed by atoms with Crippen LogP contribution in [0.3, 0.4) is 0 Å². The van der Waals surface area contributed by atoms with Crippen molar-refractivity contribution in [1.82, 2.24) is 9.88 Å². The number of pyridine rings is 1. The number of nitrogens with zero attached hydrogens (tertiary/aromatic N) is 1. The van der Waals surface area contributed by atoms with Crippen LogP contribution in [0, 0.1) is 5.41 Å². The van der Waals surface area contributed by atoms with Crippen molar-refractivity contribution in [3.63, 3.8) is 0 Å². The van der Waals surface area contributed by atoms with E-state index < -0.39 is 40.8 Å². The molecule has 38 heavy (non-hydrogen) atoms. The van der Waals surface area contributed by atoms with Crippen LogP contribution in [0.4, 0.5) is 5.69 Å². The van der Waals surface area contributed by atoms with Gasteiger partial charge in [0.05, 0.1) is 6.61 Å². The highest BCUT2D eigenvalue weighted by molar-refractivity contribution is 5.94. The predicted molar refractivity (Wildman–Crippen MR) is 144 cm³/mol. The van der Waals surface area contributed by atoms with Crippen molar-refractivity contribution < 1.29 is 23.9 Å². The SMILES string of the molecule is CCOC(=O)/C=C/[C@H](CCC(N)=O)NC(=O)[C@H](Cc1ccccc1)n1cccc(NC(=O)C(C)(C)C)c1=O. The minimum Gasteiger partial charge on any atom is -0.463 e. The van der Waals surface area contributed by atoms with E-state index in [-0.39, 0.29) is 37.5 Å². The van der Waals surface area contributed by atoms with Gasteiger partial charge >= 0.3 is 5.97 Å². The first-order valence-corrected chi connectivity index (χ1v) is 12.4. The molecule has 0 bridgehead atoms. The van der Waals surface area contributed by atoms with Crippen molar-refractivity contribution in [3.05, 3.63) is 76.7 Å². The van der Waals surface area contributed by atoms with E-state index in [1.807, 2.05) is 30.3 Å². The molecule has 1 aromatic carbocycles. The van der Waals surface area contributed by atoms with Crippen LogP contribution in [0.1, 0.15) is 52.1 Å². The van der Waals surface area contributed by atoms with Crippen LogP contribution < -0.4 is 21.9 Å². The Labute approximate surface area is 222 Å². The number of rotatable bonds is 12. The van der Waals surface area contributed by atoms with Gasteiger partial charge in [-0.1, -0.05) is 57.2 Å². The summed E-state index contributed by atoms with van der Waals surface area (Å²) in [6, 6.07) is 10.5. The van der Waals surface area contributed by atoms with Crippen LogP contribution in [0.5, 0.6) is 0 Å². The number of carbonyl (C=O) groups excluding carboxylic acids is 4. The molecule has 0 saturated carbocycles. The molecule has 0 aliphatic carbocycles. The second-order valence-corrected chi connectivity index (χ2v) is 9.78. The van der Waals surface area contributed by atoms with Crippen molar-refractivity contribution in [3.8, 4) is 0 Å². The summed E-state index contributed by atoms with van der Waals surface area (Å²) in [6.07, 6.45) is 4.38. The Morgan fingerprint density at radius 3 is 2.37 bits per heavy atom. The third kappa shape index (κ3) is 9.34. The van der Waals surface area contributed by atoms with E-state index in [1.54, 1.807) is 33.8 Å². The third-order valence-electron chi connectivity index (χ3n) is 5.59. The van der Waals surface area contributed by atoms with Gasteiger partial charge in [0.25, 0.3) is 5.56 Å². The van der Waals surface area contributed by atoms with Crippen LogP contribution >= 0.6 is 0 Å². The maximum atomic E-state index is 13.6. The molecule has 0 spiro atoms. The fourth-order valence-electron chi connectivity index (χ4n) is 3.49. The number of carbonyl (C=O) groups is 4. The monoisotopic (exact) mass is 524 g/mol. The number of esters is 1. The van der Waals surface area contributed by atoms with E-state index in [1.165, 1.54) is 29.0 Å². The smallest absolute Gasteiger partial charge is 0.330 e. The van der Waals surface area contributed by atoms with Crippen LogP contribution in [-0.2, 0) is 30.3 Å². The van der Waals surface area contributed by atoms with Gasteiger partial charge in [0.15, 0.2) is 0 Å². The average Bonchev–Trinajstić information content (AvgIpc) is 2.85. The zero-order valence-electron chi connectivity index (χ0n) is 22.2. The van der Waals surface area contributed by atoms with Gasteiger partial charge in [0.2, 0.25) is 17.7 Å². The Bertz CT molecular complexity index is 1210.